The number of nitrogens with zero attached hydrogens (tertiary/aromatic N) is 1. The molecule has 1 heterocycles. The van der Waals surface area contributed by atoms with Crippen molar-refractivity contribution in [2.75, 3.05) is 0 Å². The predicted molar refractivity (Wildman–Crippen MR) is 58.5 cm³/mol. The molecule has 2 rings (SSSR count). The first-order chi connectivity index (χ1) is 7.89. The second-order valence-electron chi connectivity index (χ2n) is 3.54. The van der Waals surface area contributed by atoms with Gasteiger partial charge in [0.1, 0.15) is 5.75 Å². The summed E-state index contributed by atoms with van der Waals surface area (Å²) in [5.41, 5.74) is -1.20. The van der Waals surface area contributed by atoms with E-state index >= 15 is 0 Å². The number of benzene rings is 1. The maximum atomic E-state index is 12.6. The van der Waals surface area contributed by atoms with E-state index in [4.69, 9.17) is 0 Å². The highest BCUT2D eigenvalue weighted by atomic mass is 19.4. The zero-order chi connectivity index (χ0) is 12.6. The van der Waals surface area contributed by atoms with E-state index in [1.54, 1.807) is 0 Å². The number of pyridine rings is 1. The van der Waals surface area contributed by atoms with Gasteiger partial charge in [-0.1, -0.05) is 6.58 Å². The molecule has 0 amide bonds. The molecule has 0 saturated carbocycles. The van der Waals surface area contributed by atoms with Crippen LogP contribution in [0.4, 0.5) is 13.2 Å². The molecular weight excluding hydrogens is 231 g/mol. The Hall–Kier alpha value is -2.04. The molecule has 0 aliphatic carbocycles. The molecule has 0 radical (unpaired) electrons. The number of aromatic nitrogens is 1. The fourth-order valence-corrected chi connectivity index (χ4v) is 1.54. The molecule has 0 bridgehead atoms. The molecule has 0 spiro atoms. The van der Waals surface area contributed by atoms with Gasteiger partial charge in [0.15, 0.2) is 0 Å². The van der Waals surface area contributed by atoms with Crippen LogP contribution in [-0.2, 0) is 0 Å². The molecule has 2 aromatic rings. The minimum Gasteiger partial charge on any atom is -0.508 e. The van der Waals surface area contributed by atoms with Crippen LogP contribution in [0.3, 0.4) is 0 Å². The van der Waals surface area contributed by atoms with E-state index in [0.29, 0.717) is 10.8 Å². The number of rotatable bonds is 1. The highest BCUT2D eigenvalue weighted by molar-refractivity contribution is 5.93. The highest BCUT2D eigenvalue weighted by Crippen LogP contribution is 2.35. The second-order valence-corrected chi connectivity index (χ2v) is 3.54. The van der Waals surface area contributed by atoms with Crippen molar-refractivity contribution >= 4 is 16.3 Å². The van der Waals surface area contributed by atoms with Gasteiger partial charge in [0.2, 0.25) is 0 Å². The van der Waals surface area contributed by atoms with Crippen molar-refractivity contribution in [2.24, 2.45) is 0 Å². The van der Waals surface area contributed by atoms with Gasteiger partial charge < -0.3 is 5.11 Å². The van der Waals surface area contributed by atoms with Gasteiger partial charge >= 0.3 is 6.18 Å². The molecule has 0 fully saturated rings. The Labute approximate surface area is 95.0 Å². The van der Waals surface area contributed by atoms with E-state index in [9.17, 15) is 18.3 Å². The molecule has 0 saturated heterocycles. The van der Waals surface area contributed by atoms with Gasteiger partial charge in [0.05, 0.1) is 11.3 Å². The third-order valence-corrected chi connectivity index (χ3v) is 2.38. The van der Waals surface area contributed by atoms with Crippen LogP contribution in [0.15, 0.2) is 37.0 Å². The summed E-state index contributed by atoms with van der Waals surface area (Å²) in [7, 11) is 0. The summed E-state index contributed by atoms with van der Waals surface area (Å²) in [6, 6.07) is 5.62. The lowest BCUT2D eigenvalue weighted by molar-refractivity contribution is -0.0688. The van der Waals surface area contributed by atoms with E-state index < -0.39 is 11.7 Å². The summed E-state index contributed by atoms with van der Waals surface area (Å²) < 4.78 is 37.7. The normalized spacial score (nSPS) is 11.7. The Bertz CT molecular complexity index is 590. The standard InChI is InChI=1S/C12H8F3NO/c1-7(12(13,14)15)11-10-3-2-9(17)6-8(10)4-5-16-11/h2-6,17H,1H2. The third kappa shape index (κ3) is 2.08. The molecule has 1 aromatic carbocycles. The van der Waals surface area contributed by atoms with Gasteiger partial charge in [0, 0.05) is 11.6 Å². The number of phenols is 1. The summed E-state index contributed by atoms with van der Waals surface area (Å²) in [5.74, 6) is -0.00716. The molecule has 1 aromatic heterocycles. The molecule has 0 aliphatic rings. The largest absolute Gasteiger partial charge is 0.508 e. The number of aromatic hydroxyl groups is 1. The third-order valence-electron chi connectivity index (χ3n) is 2.38. The zero-order valence-electron chi connectivity index (χ0n) is 8.62. The van der Waals surface area contributed by atoms with E-state index in [0.717, 1.165) is 0 Å². The lowest BCUT2D eigenvalue weighted by atomic mass is 10.0. The first-order valence-corrected chi connectivity index (χ1v) is 4.74. The van der Waals surface area contributed by atoms with Crippen LogP contribution < -0.4 is 0 Å². The maximum Gasteiger partial charge on any atom is 0.417 e. The topological polar surface area (TPSA) is 33.1 Å². The molecule has 1 N–H and O–H groups in total. The minimum absolute atomic E-state index is 0.00716. The van der Waals surface area contributed by atoms with Crippen LogP contribution in [0.2, 0.25) is 0 Å². The first kappa shape index (κ1) is 11.4. The Kier molecular flexibility index (Phi) is 2.53. The van der Waals surface area contributed by atoms with Crippen molar-refractivity contribution in [3.8, 4) is 5.75 Å². The van der Waals surface area contributed by atoms with Crippen LogP contribution in [0.1, 0.15) is 5.69 Å². The number of phenolic OH excluding ortho intramolecular Hbond substituents is 1. The number of alkyl halides is 3. The summed E-state index contributed by atoms with van der Waals surface area (Å²) in [5, 5.41) is 10.1. The zero-order valence-corrected chi connectivity index (χ0v) is 8.62. The maximum absolute atomic E-state index is 12.6. The van der Waals surface area contributed by atoms with Crippen molar-refractivity contribution < 1.29 is 18.3 Å². The number of hydrogen-bond donors (Lipinski definition) is 1. The second kappa shape index (κ2) is 3.76. The summed E-state index contributed by atoms with van der Waals surface area (Å²) >= 11 is 0. The summed E-state index contributed by atoms with van der Waals surface area (Å²) in [4.78, 5) is 3.70. The number of halogens is 3. The van der Waals surface area contributed by atoms with E-state index in [2.05, 4.69) is 11.6 Å². The molecule has 2 nitrogen and oxygen atoms in total. The van der Waals surface area contributed by atoms with Crippen LogP contribution in [0.25, 0.3) is 16.3 Å². The average molecular weight is 239 g/mol. The summed E-state index contributed by atoms with van der Waals surface area (Å²) in [6.45, 7) is 3.02. The van der Waals surface area contributed by atoms with Gasteiger partial charge in [-0.05, 0) is 29.7 Å². The molecule has 0 atom stereocenters. The smallest absolute Gasteiger partial charge is 0.417 e. The van der Waals surface area contributed by atoms with Gasteiger partial charge in [-0.25, -0.2) is 0 Å². The highest BCUT2D eigenvalue weighted by Gasteiger charge is 2.34. The summed E-state index contributed by atoms with van der Waals surface area (Å²) in [6.07, 6.45) is -3.26. The Balaban J connectivity index is 2.67. The monoisotopic (exact) mass is 239 g/mol. The first-order valence-electron chi connectivity index (χ1n) is 4.74. The van der Waals surface area contributed by atoms with Crippen LogP contribution in [-0.4, -0.2) is 16.3 Å². The van der Waals surface area contributed by atoms with E-state index in [-0.39, 0.29) is 11.4 Å². The minimum atomic E-state index is -4.51. The number of hydrogen-bond acceptors (Lipinski definition) is 2. The molecule has 0 unspecified atom stereocenters. The van der Waals surface area contributed by atoms with Crippen molar-refractivity contribution in [3.05, 3.63) is 42.7 Å². The van der Waals surface area contributed by atoms with Crippen molar-refractivity contribution in [1.29, 1.82) is 0 Å². The molecular formula is C12H8F3NO. The number of allylic oxidation sites excluding steroid dienone is 1. The average Bonchev–Trinajstić information content (AvgIpc) is 2.25. The van der Waals surface area contributed by atoms with Crippen LogP contribution in [0.5, 0.6) is 5.75 Å². The van der Waals surface area contributed by atoms with Crippen molar-refractivity contribution in [2.45, 2.75) is 6.18 Å². The SMILES string of the molecule is C=C(c1nccc2cc(O)ccc12)C(F)(F)F. The van der Waals surface area contributed by atoms with Gasteiger partial charge in [-0.15, -0.1) is 0 Å². The number of fused-ring (bicyclic) bond motifs is 1. The molecule has 88 valence electrons. The predicted octanol–water partition coefficient (Wildman–Crippen LogP) is 3.52. The lowest BCUT2D eigenvalue weighted by Crippen LogP contribution is -2.10. The molecule has 17 heavy (non-hydrogen) atoms. The lowest BCUT2D eigenvalue weighted by Gasteiger charge is -2.11. The molecule has 5 heteroatoms. The fraction of sp³-hybridized carbons (Fsp3) is 0.0833. The van der Waals surface area contributed by atoms with Gasteiger partial charge in [-0.3, -0.25) is 4.98 Å². The van der Waals surface area contributed by atoms with E-state index in [1.165, 1.54) is 30.5 Å². The fourth-order valence-electron chi connectivity index (χ4n) is 1.54. The Morgan fingerprint density at radius 1 is 1.24 bits per heavy atom. The van der Waals surface area contributed by atoms with Gasteiger partial charge in [-0.2, -0.15) is 13.2 Å². The molecule has 0 aliphatic heterocycles. The quantitative estimate of drug-likeness (QED) is 0.825. The van der Waals surface area contributed by atoms with E-state index in [1.807, 2.05) is 0 Å². The van der Waals surface area contributed by atoms with Crippen molar-refractivity contribution in [1.82, 2.24) is 4.98 Å². The van der Waals surface area contributed by atoms with Crippen molar-refractivity contribution in [3.63, 3.8) is 0 Å². The van der Waals surface area contributed by atoms with Crippen LogP contribution in [0, 0.1) is 0 Å². The van der Waals surface area contributed by atoms with Crippen LogP contribution >= 0.6 is 0 Å². The Morgan fingerprint density at radius 3 is 2.59 bits per heavy atom. The van der Waals surface area contributed by atoms with Gasteiger partial charge in [0.25, 0.3) is 0 Å². The Morgan fingerprint density at radius 2 is 1.94 bits per heavy atom.